The van der Waals surface area contributed by atoms with E-state index in [2.05, 4.69) is 31.8 Å². The Morgan fingerprint density at radius 2 is 2.05 bits per heavy atom. The maximum Gasteiger partial charge on any atom is 0.213 e. The van der Waals surface area contributed by atoms with Crippen LogP contribution in [0.5, 0.6) is 5.88 Å². The number of hydrogen-bond acceptors (Lipinski definition) is 3. The highest BCUT2D eigenvalue weighted by atomic mass is 16.5. The van der Waals surface area contributed by atoms with Crippen LogP contribution in [-0.2, 0) is 13.0 Å². The second-order valence-electron chi connectivity index (χ2n) is 5.09. The fourth-order valence-corrected chi connectivity index (χ4v) is 2.09. The van der Waals surface area contributed by atoms with Crippen molar-refractivity contribution in [3.63, 3.8) is 0 Å². The van der Waals surface area contributed by atoms with Crippen molar-refractivity contribution in [2.75, 3.05) is 6.61 Å². The van der Waals surface area contributed by atoms with Gasteiger partial charge in [-0.15, -0.1) is 0 Å². The minimum absolute atomic E-state index is 0.541. The molecule has 0 aromatic carbocycles. The van der Waals surface area contributed by atoms with Crippen LogP contribution >= 0.6 is 0 Å². The topological polar surface area (TPSA) is 48.1 Å². The van der Waals surface area contributed by atoms with Crippen LogP contribution in [0.1, 0.15) is 57.7 Å². The zero-order valence-corrected chi connectivity index (χ0v) is 12.6. The van der Waals surface area contributed by atoms with Crippen LogP contribution in [0.15, 0.2) is 12.1 Å². The summed E-state index contributed by atoms with van der Waals surface area (Å²) in [5, 5.41) is 0. The van der Waals surface area contributed by atoms with E-state index in [9.17, 15) is 0 Å². The molecule has 2 N–H and O–H groups in total. The smallest absolute Gasteiger partial charge is 0.213 e. The van der Waals surface area contributed by atoms with Crippen LogP contribution in [0.2, 0.25) is 0 Å². The summed E-state index contributed by atoms with van der Waals surface area (Å²) in [5.74, 6) is 1.36. The van der Waals surface area contributed by atoms with E-state index in [0.29, 0.717) is 12.5 Å². The predicted molar refractivity (Wildman–Crippen MR) is 80.3 cm³/mol. The number of aryl methyl sites for hydroxylation is 1. The molecule has 108 valence electrons. The fourth-order valence-electron chi connectivity index (χ4n) is 2.09. The lowest BCUT2D eigenvalue weighted by molar-refractivity contribution is 0.225. The molecule has 0 saturated heterocycles. The molecule has 0 aliphatic heterocycles. The lowest BCUT2D eigenvalue weighted by Crippen LogP contribution is -2.12. The van der Waals surface area contributed by atoms with Crippen LogP contribution in [0, 0.1) is 5.92 Å². The summed E-state index contributed by atoms with van der Waals surface area (Å²) in [6.07, 6.45) is 5.84. The Morgan fingerprint density at radius 1 is 1.26 bits per heavy atom. The average Bonchev–Trinajstić information content (AvgIpc) is 2.47. The van der Waals surface area contributed by atoms with Gasteiger partial charge in [-0.05, 0) is 30.4 Å². The average molecular weight is 264 g/mol. The highest BCUT2D eigenvalue weighted by molar-refractivity contribution is 5.25. The first kappa shape index (κ1) is 16.0. The standard InChI is InChI=1S/C16H28N2O/c1-4-7-8-13(5-2)12-19-16-10-14(11-17)9-15(6-3)18-16/h9-10,13H,4-8,11-12,17H2,1-3H3. The summed E-state index contributed by atoms with van der Waals surface area (Å²) in [7, 11) is 0. The minimum atomic E-state index is 0.541. The molecule has 0 spiro atoms. The molecule has 3 nitrogen and oxygen atoms in total. The van der Waals surface area contributed by atoms with Crippen molar-refractivity contribution in [3.8, 4) is 5.88 Å². The van der Waals surface area contributed by atoms with Crippen molar-refractivity contribution in [2.24, 2.45) is 11.7 Å². The Bertz CT molecular complexity index is 344. The van der Waals surface area contributed by atoms with Crippen molar-refractivity contribution < 1.29 is 4.74 Å². The normalized spacial score (nSPS) is 12.4. The monoisotopic (exact) mass is 264 g/mol. The van der Waals surface area contributed by atoms with Gasteiger partial charge in [-0.1, -0.05) is 40.0 Å². The molecule has 0 radical (unpaired) electrons. The van der Waals surface area contributed by atoms with Gasteiger partial charge in [0.25, 0.3) is 0 Å². The number of pyridine rings is 1. The molecule has 0 amide bonds. The van der Waals surface area contributed by atoms with Gasteiger partial charge in [-0.25, -0.2) is 4.98 Å². The number of ether oxygens (including phenoxy) is 1. The van der Waals surface area contributed by atoms with Crippen molar-refractivity contribution in [1.82, 2.24) is 4.98 Å². The number of hydrogen-bond donors (Lipinski definition) is 1. The largest absolute Gasteiger partial charge is 0.477 e. The lowest BCUT2D eigenvalue weighted by atomic mass is 10.0. The van der Waals surface area contributed by atoms with E-state index < -0.39 is 0 Å². The van der Waals surface area contributed by atoms with Crippen molar-refractivity contribution in [3.05, 3.63) is 23.4 Å². The third kappa shape index (κ3) is 5.60. The zero-order valence-electron chi connectivity index (χ0n) is 12.6. The predicted octanol–water partition coefficient (Wildman–Crippen LogP) is 3.70. The SMILES string of the molecule is CCCCC(CC)COc1cc(CN)cc(CC)n1. The minimum Gasteiger partial charge on any atom is -0.477 e. The van der Waals surface area contributed by atoms with E-state index in [1.165, 1.54) is 19.3 Å². The summed E-state index contributed by atoms with van der Waals surface area (Å²) in [5.41, 5.74) is 7.86. The third-order valence-electron chi connectivity index (χ3n) is 3.52. The highest BCUT2D eigenvalue weighted by Gasteiger charge is 2.08. The van der Waals surface area contributed by atoms with Crippen LogP contribution in [0.4, 0.5) is 0 Å². The van der Waals surface area contributed by atoms with Crippen LogP contribution < -0.4 is 10.5 Å². The van der Waals surface area contributed by atoms with Crippen LogP contribution in [-0.4, -0.2) is 11.6 Å². The van der Waals surface area contributed by atoms with E-state index in [1.807, 2.05) is 6.07 Å². The molecule has 1 heterocycles. The summed E-state index contributed by atoms with van der Waals surface area (Å²) in [4.78, 5) is 4.51. The number of nitrogens with zero attached hydrogens (tertiary/aromatic N) is 1. The molecule has 0 saturated carbocycles. The van der Waals surface area contributed by atoms with E-state index in [-0.39, 0.29) is 0 Å². The third-order valence-corrected chi connectivity index (χ3v) is 3.52. The van der Waals surface area contributed by atoms with Gasteiger partial charge >= 0.3 is 0 Å². The zero-order chi connectivity index (χ0) is 14.1. The summed E-state index contributed by atoms with van der Waals surface area (Å²) < 4.78 is 5.87. The van der Waals surface area contributed by atoms with Crippen LogP contribution in [0.25, 0.3) is 0 Å². The Kier molecular flexibility index (Phi) is 7.49. The van der Waals surface area contributed by atoms with Gasteiger partial charge in [-0.3, -0.25) is 0 Å². The number of nitrogens with two attached hydrogens (primary N) is 1. The molecule has 3 heteroatoms. The second kappa shape index (κ2) is 8.92. The van der Waals surface area contributed by atoms with Crippen molar-refractivity contribution >= 4 is 0 Å². The Morgan fingerprint density at radius 3 is 2.63 bits per heavy atom. The van der Waals surface area contributed by atoms with Gasteiger partial charge < -0.3 is 10.5 Å². The quantitative estimate of drug-likeness (QED) is 0.740. The molecule has 0 fully saturated rings. The molecule has 0 bridgehead atoms. The molecular weight excluding hydrogens is 236 g/mol. The van der Waals surface area contributed by atoms with E-state index in [0.717, 1.165) is 36.6 Å². The maximum atomic E-state index is 5.87. The molecule has 0 aliphatic rings. The Balaban J connectivity index is 2.60. The van der Waals surface area contributed by atoms with Crippen molar-refractivity contribution in [2.45, 2.75) is 59.4 Å². The van der Waals surface area contributed by atoms with Gasteiger partial charge in [0.1, 0.15) is 0 Å². The fraction of sp³-hybridized carbons (Fsp3) is 0.688. The van der Waals surface area contributed by atoms with Gasteiger partial charge in [0.15, 0.2) is 0 Å². The van der Waals surface area contributed by atoms with E-state index in [1.54, 1.807) is 0 Å². The Labute approximate surface area is 117 Å². The number of rotatable bonds is 9. The molecule has 1 aromatic rings. The molecule has 1 atom stereocenters. The summed E-state index contributed by atoms with van der Waals surface area (Å²) >= 11 is 0. The maximum absolute atomic E-state index is 5.87. The highest BCUT2D eigenvalue weighted by Crippen LogP contribution is 2.17. The summed E-state index contributed by atoms with van der Waals surface area (Å²) in [6, 6.07) is 4.02. The number of unbranched alkanes of at least 4 members (excludes halogenated alkanes) is 1. The van der Waals surface area contributed by atoms with Crippen molar-refractivity contribution in [1.29, 1.82) is 0 Å². The molecule has 1 rings (SSSR count). The molecule has 1 unspecified atom stereocenters. The molecule has 1 aromatic heterocycles. The molecular formula is C16H28N2O. The first-order chi connectivity index (χ1) is 9.23. The van der Waals surface area contributed by atoms with Crippen LogP contribution in [0.3, 0.4) is 0 Å². The van der Waals surface area contributed by atoms with E-state index >= 15 is 0 Å². The Hall–Kier alpha value is -1.09. The summed E-state index contributed by atoms with van der Waals surface area (Å²) in [6.45, 7) is 7.86. The number of aromatic nitrogens is 1. The molecule has 19 heavy (non-hydrogen) atoms. The van der Waals surface area contributed by atoms with Gasteiger partial charge in [0.05, 0.1) is 6.61 Å². The lowest BCUT2D eigenvalue weighted by Gasteiger charge is -2.16. The van der Waals surface area contributed by atoms with Gasteiger partial charge in [0, 0.05) is 18.3 Å². The second-order valence-corrected chi connectivity index (χ2v) is 5.09. The first-order valence-corrected chi connectivity index (χ1v) is 7.56. The van der Waals surface area contributed by atoms with E-state index in [4.69, 9.17) is 10.5 Å². The van der Waals surface area contributed by atoms with Gasteiger partial charge in [-0.2, -0.15) is 0 Å². The molecule has 0 aliphatic carbocycles. The van der Waals surface area contributed by atoms with Gasteiger partial charge in [0.2, 0.25) is 5.88 Å². The first-order valence-electron chi connectivity index (χ1n) is 7.56.